The maximum atomic E-state index is 11.9. The van der Waals surface area contributed by atoms with Crippen molar-refractivity contribution in [1.29, 1.82) is 5.26 Å². The molecule has 0 rings (SSSR count). The van der Waals surface area contributed by atoms with Gasteiger partial charge in [0.2, 0.25) is 0 Å². The molecule has 0 N–H and O–H groups in total. The van der Waals surface area contributed by atoms with Crippen molar-refractivity contribution in [3.63, 3.8) is 0 Å². The first-order valence-electron chi connectivity index (χ1n) is 5.29. The summed E-state index contributed by atoms with van der Waals surface area (Å²) < 4.78 is 17.4. The van der Waals surface area contributed by atoms with Gasteiger partial charge in [0.1, 0.15) is 0 Å². The molecule has 2 atom stereocenters. The molecule has 0 amide bonds. The van der Waals surface area contributed by atoms with Crippen molar-refractivity contribution in [3.8, 4) is 6.07 Å². The van der Waals surface area contributed by atoms with Crippen molar-refractivity contribution in [1.82, 2.24) is 0 Å². The minimum Gasteiger partial charge on any atom is -0.318 e. The third-order valence-corrected chi connectivity index (χ3v) is 5.69. The summed E-state index contributed by atoms with van der Waals surface area (Å²) in [4.78, 5) is 0. The monoisotopic (exact) mass is 249 g/mol. The van der Waals surface area contributed by atoms with Gasteiger partial charge in [0, 0.05) is 18.8 Å². The summed E-state index contributed by atoms with van der Waals surface area (Å²) in [5.41, 5.74) is 0. The zero-order valence-corrected chi connectivity index (χ0v) is 11.4. The number of rotatable bonds is 8. The van der Waals surface area contributed by atoms with Crippen LogP contribution < -0.4 is 0 Å². The second-order valence-corrected chi connectivity index (χ2v) is 8.76. The topological polar surface area (TPSA) is 50.1 Å². The molecule has 0 fully saturated rings. The Morgan fingerprint density at radius 2 is 2.27 bits per heavy atom. The molecule has 0 bridgehead atoms. The van der Waals surface area contributed by atoms with E-state index in [4.69, 9.17) is 9.79 Å². The van der Waals surface area contributed by atoms with Gasteiger partial charge in [-0.25, -0.2) is 0 Å². The van der Waals surface area contributed by atoms with Crippen LogP contribution in [-0.4, -0.2) is 18.5 Å². The van der Waals surface area contributed by atoms with E-state index in [-0.39, 0.29) is 6.10 Å². The zero-order valence-electron chi connectivity index (χ0n) is 9.73. The van der Waals surface area contributed by atoms with Gasteiger partial charge in [-0.2, -0.15) is 5.26 Å². The van der Waals surface area contributed by atoms with Gasteiger partial charge in [-0.1, -0.05) is 31.1 Å². The molecule has 2 unspecified atom stereocenters. The molecule has 0 radical (unpaired) electrons. The van der Waals surface area contributed by atoms with Crippen LogP contribution in [0.2, 0.25) is 0 Å². The van der Waals surface area contributed by atoms with Gasteiger partial charge in [-0.3, -0.25) is 4.57 Å². The number of hydrogen-bond donors (Lipinski definition) is 0. The highest BCUT2D eigenvalue weighted by Gasteiger charge is 2.19. The standard InChI is InChI=1S/C10H20NO2PS/c1-4-5-7-10(2)13-14(3,12)15-9-6-8-11/h10H,4-7,9H2,1-3H3. The van der Waals surface area contributed by atoms with E-state index in [0.29, 0.717) is 12.2 Å². The maximum Gasteiger partial charge on any atom is 0.254 e. The summed E-state index contributed by atoms with van der Waals surface area (Å²) in [5.74, 6) is 0.588. The molecule has 0 aromatic carbocycles. The molecule has 0 aromatic rings. The van der Waals surface area contributed by atoms with E-state index < -0.39 is 6.57 Å². The van der Waals surface area contributed by atoms with Crippen molar-refractivity contribution in [2.24, 2.45) is 0 Å². The van der Waals surface area contributed by atoms with E-state index in [1.165, 1.54) is 11.4 Å². The average Bonchev–Trinajstić information content (AvgIpc) is 2.14. The number of nitriles is 1. The molecule has 0 aliphatic carbocycles. The fourth-order valence-electron chi connectivity index (χ4n) is 1.16. The number of nitrogens with zero attached hydrogens (tertiary/aromatic N) is 1. The Morgan fingerprint density at radius 1 is 1.60 bits per heavy atom. The van der Waals surface area contributed by atoms with Crippen LogP contribution in [0.3, 0.4) is 0 Å². The Morgan fingerprint density at radius 3 is 2.80 bits per heavy atom. The first-order valence-corrected chi connectivity index (χ1v) is 8.95. The first-order chi connectivity index (χ1) is 7.02. The Labute approximate surface area is 96.8 Å². The number of hydrogen-bond acceptors (Lipinski definition) is 4. The van der Waals surface area contributed by atoms with E-state index in [1.807, 2.05) is 13.0 Å². The Hall–Kier alpha value is 0.0300. The average molecular weight is 249 g/mol. The van der Waals surface area contributed by atoms with Gasteiger partial charge in [0.25, 0.3) is 6.57 Å². The molecule has 0 aliphatic rings. The predicted molar refractivity (Wildman–Crippen MR) is 66.3 cm³/mol. The molecule has 0 aliphatic heterocycles. The molecule has 0 spiro atoms. The fourth-order valence-corrected chi connectivity index (χ4v) is 4.39. The van der Waals surface area contributed by atoms with Gasteiger partial charge in [-0.15, -0.1) is 0 Å². The molecule has 88 valence electrons. The second-order valence-electron chi connectivity index (χ2n) is 3.57. The van der Waals surface area contributed by atoms with E-state index >= 15 is 0 Å². The summed E-state index contributed by atoms with van der Waals surface area (Å²) in [5, 5.41) is 8.37. The van der Waals surface area contributed by atoms with Crippen molar-refractivity contribution in [2.45, 2.75) is 45.6 Å². The van der Waals surface area contributed by atoms with Gasteiger partial charge in [-0.05, 0) is 13.3 Å². The molecule has 0 saturated carbocycles. The Kier molecular flexibility index (Phi) is 8.23. The quantitative estimate of drug-likeness (QED) is 0.481. The molecule has 0 heterocycles. The van der Waals surface area contributed by atoms with Crippen molar-refractivity contribution >= 4 is 18.0 Å². The molecule has 5 heteroatoms. The third-order valence-electron chi connectivity index (χ3n) is 1.88. The highest BCUT2D eigenvalue weighted by molar-refractivity contribution is 8.56. The summed E-state index contributed by atoms with van der Waals surface area (Å²) in [6, 6.07) is 2.03. The maximum absolute atomic E-state index is 11.9. The molecular weight excluding hydrogens is 229 g/mol. The predicted octanol–water partition coefficient (Wildman–Crippen LogP) is 4.05. The van der Waals surface area contributed by atoms with Gasteiger partial charge in [0.15, 0.2) is 0 Å². The zero-order chi connectivity index (χ0) is 11.7. The summed E-state index contributed by atoms with van der Waals surface area (Å²) in [6.45, 7) is 3.16. The summed E-state index contributed by atoms with van der Waals surface area (Å²) >= 11 is 1.28. The van der Waals surface area contributed by atoms with E-state index in [2.05, 4.69) is 6.92 Å². The van der Waals surface area contributed by atoms with Crippen LogP contribution in [0.5, 0.6) is 0 Å². The lowest BCUT2D eigenvalue weighted by Gasteiger charge is -2.18. The van der Waals surface area contributed by atoms with Crippen LogP contribution in [-0.2, 0) is 9.09 Å². The highest BCUT2D eigenvalue weighted by Crippen LogP contribution is 2.57. The number of unbranched alkanes of at least 4 members (excludes halogenated alkanes) is 1. The van der Waals surface area contributed by atoms with Gasteiger partial charge >= 0.3 is 0 Å². The SMILES string of the molecule is CCCCC(C)OP(C)(=O)SCCC#N. The molecule has 3 nitrogen and oxygen atoms in total. The smallest absolute Gasteiger partial charge is 0.254 e. The molecule has 15 heavy (non-hydrogen) atoms. The largest absolute Gasteiger partial charge is 0.318 e. The Bertz CT molecular complexity index is 252. The van der Waals surface area contributed by atoms with E-state index in [1.54, 1.807) is 6.66 Å². The summed E-state index contributed by atoms with van der Waals surface area (Å²) in [7, 11) is 0. The van der Waals surface area contributed by atoms with Crippen molar-refractivity contribution < 1.29 is 9.09 Å². The van der Waals surface area contributed by atoms with Crippen molar-refractivity contribution in [2.75, 3.05) is 12.4 Å². The Balaban J connectivity index is 3.81. The lowest BCUT2D eigenvalue weighted by molar-refractivity contribution is 0.219. The van der Waals surface area contributed by atoms with Gasteiger partial charge in [0.05, 0.1) is 12.2 Å². The molecule has 0 saturated heterocycles. The van der Waals surface area contributed by atoms with Crippen LogP contribution in [0, 0.1) is 11.3 Å². The van der Waals surface area contributed by atoms with E-state index in [0.717, 1.165) is 19.3 Å². The van der Waals surface area contributed by atoms with E-state index in [9.17, 15) is 4.57 Å². The van der Waals surface area contributed by atoms with Gasteiger partial charge < -0.3 is 4.52 Å². The first kappa shape index (κ1) is 15.0. The normalized spacial score (nSPS) is 16.7. The second kappa shape index (κ2) is 8.21. The minimum absolute atomic E-state index is 0.0513. The molecular formula is C10H20NO2PS. The minimum atomic E-state index is -2.55. The van der Waals surface area contributed by atoms with Crippen LogP contribution in [0.25, 0.3) is 0 Å². The fraction of sp³-hybridized carbons (Fsp3) is 0.900. The van der Waals surface area contributed by atoms with Crippen LogP contribution >= 0.6 is 18.0 Å². The summed E-state index contributed by atoms with van der Waals surface area (Å²) in [6.07, 6.45) is 3.66. The van der Waals surface area contributed by atoms with Crippen molar-refractivity contribution in [3.05, 3.63) is 0 Å². The van der Waals surface area contributed by atoms with Crippen LogP contribution in [0.1, 0.15) is 39.5 Å². The van der Waals surface area contributed by atoms with Crippen LogP contribution in [0.4, 0.5) is 0 Å². The highest BCUT2D eigenvalue weighted by atomic mass is 32.7. The van der Waals surface area contributed by atoms with Crippen LogP contribution in [0.15, 0.2) is 0 Å². The lowest BCUT2D eigenvalue weighted by atomic mass is 10.2. The third kappa shape index (κ3) is 8.99. The molecule has 0 aromatic heterocycles. The lowest BCUT2D eigenvalue weighted by Crippen LogP contribution is -2.04.